The van der Waals surface area contributed by atoms with Crippen LogP contribution in [-0.4, -0.2) is 32.6 Å². The first-order valence-corrected chi connectivity index (χ1v) is 9.83. The number of amides is 1. The van der Waals surface area contributed by atoms with E-state index < -0.39 is 5.82 Å². The molecule has 3 rings (SSSR count). The topological polar surface area (TPSA) is 94.5 Å². The van der Waals surface area contributed by atoms with Crippen molar-refractivity contribution in [1.29, 1.82) is 5.26 Å². The largest absolute Gasteiger partial charge is 0.324 e. The highest BCUT2D eigenvalue weighted by Gasteiger charge is 2.12. The average Bonchev–Trinajstić information content (AvgIpc) is 3.15. The van der Waals surface area contributed by atoms with E-state index in [0.29, 0.717) is 28.0 Å². The molecule has 0 unspecified atom stereocenters. The van der Waals surface area contributed by atoms with E-state index in [1.54, 1.807) is 24.3 Å². The summed E-state index contributed by atoms with van der Waals surface area (Å²) >= 11 is 2.50. The Labute approximate surface area is 163 Å². The van der Waals surface area contributed by atoms with Gasteiger partial charge in [0.05, 0.1) is 28.8 Å². The van der Waals surface area contributed by atoms with Crippen LogP contribution in [-0.2, 0) is 4.79 Å². The minimum atomic E-state index is -0.394. The first-order valence-electron chi connectivity index (χ1n) is 7.86. The number of para-hydroxylation sites is 1. The summed E-state index contributed by atoms with van der Waals surface area (Å²) in [6.07, 6.45) is 0. The molecule has 1 amide bonds. The highest BCUT2D eigenvalue weighted by molar-refractivity contribution is 8.00. The van der Waals surface area contributed by atoms with Crippen molar-refractivity contribution in [1.82, 2.24) is 15.2 Å². The van der Waals surface area contributed by atoms with Gasteiger partial charge < -0.3 is 5.32 Å². The second-order valence-corrected chi connectivity index (χ2v) is 7.19. The van der Waals surface area contributed by atoms with Gasteiger partial charge in [0.1, 0.15) is 5.82 Å². The van der Waals surface area contributed by atoms with E-state index in [0.717, 1.165) is 16.7 Å². The van der Waals surface area contributed by atoms with Gasteiger partial charge in [0, 0.05) is 4.90 Å². The molecule has 1 aromatic heterocycles. The molecule has 3 aromatic rings. The maximum atomic E-state index is 13.8. The lowest BCUT2D eigenvalue weighted by Crippen LogP contribution is -2.14. The Morgan fingerprint density at radius 2 is 1.96 bits per heavy atom. The van der Waals surface area contributed by atoms with E-state index in [1.165, 1.54) is 17.8 Å². The molecule has 0 aliphatic heterocycles. The van der Waals surface area contributed by atoms with Crippen LogP contribution in [0.3, 0.4) is 0 Å². The zero-order valence-electron chi connectivity index (χ0n) is 14.0. The zero-order chi connectivity index (χ0) is 19.1. The quantitative estimate of drug-likeness (QED) is 0.584. The lowest BCUT2D eigenvalue weighted by molar-refractivity contribution is -0.113. The van der Waals surface area contributed by atoms with Crippen LogP contribution in [0.25, 0.3) is 11.4 Å². The number of hydrogen-bond donors (Lipinski definition) is 2. The predicted octanol–water partition coefficient (Wildman–Crippen LogP) is 3.96. The average molecular weight is 399 g/mol. The van der Waals surface area contributed by atoms with Gasteiger partial charge in [0.15, 0.2) is 5.82 Å². The van der Waals surface area contributed by atoms with Crippen LogP contribution in [0.1, 0.15) is 0 Å². The zero-order valence-corrected chi connectivity index (χ0v) is 15.6. The molecule has 2 aromatic carbocycles. The molecule has 0 bridgehead atoms. The summed E-state index contributed by atoms with van der Waals surface area (Å²) in [4.78, 5) is 17.3. The summed E-state index contributed by atoms with van der Waals surface area (Å²) in [5, 5.41) is 18.6. The van der Waals surface area contributed by atoms with Gasteiger partial charge in [-0.05, 0) is 24.3 Å². The van der Waals surface area contributed by atoms with Crippen LogP contribution in [0, 0.1) is 17.1 Å². The minimum Gasteiger partial charge on any atom is -0.324 e. The molecule has 1 heterocycles. The van der Waals surface area contributed by atoms with Crippen molar-refractivity contribution in [2.45, 2.75) is 10.1 Å². The number of halogens is 1. The summed E-state index contributed by atoms with van der Waals surface area (Å²) in [7, 11) is 0. The van der Waals surface area contributed by atoms with Crippen LogP contribution < -0.4 is 5.32 Å². The predicted molar refractivity (Wildman–Crippen MR) is 104 cm³/mol. The number of aromatic amines is 1. The smallest absolute Gasteiger partial charge is 0.234 e. The van der Waals surface area contributed by atoms with Gasteiger partial charge in [-0.1, -0.05) is 36.0 Å². The van der Waals surface area contributed by atoms with E-state index in [4.69, 9.17) is 5.26 Å². The van der Waals surface area contributed by atoms with Gasteiger partial charge >= 0.3 is 0 Å². The number of nitrogens with one attached hydrogen (secondary N) is 2. The first-order chi connectivity index (χ1) is 13.2. The summed E-state index contributed by atoms with van der Waals surface area (Å²) in [6.45, 7) is 0. The van der Waals surface area contributed by atoms with Crippen LogP contribution in [0.5, 0.6) is 0 Å². The lowest BCUT2D eigenvalue weighted by Gasteiger charge is -2.08. The Balaban J connectivity index is 1.59. The highest BCUT2D eigenvalue weighted by Crippen LogP contribution is 2.27. The van der Waals surface area contributed by atoms with Gasteiger partial charge in [-0.15, -0.1) is 16.9 Å². The van der Waals surface area contributed by atoms with Gasteiger partial charge in [0.2, 0.25) is 11.1 Å². The maximum absolute atomic E-state index is 13.8. The minimum absolute atomic E-state index is 0.103. The van der Waals surface area contributed by atoms with Gasteiger partial charge in [-0.25, -0.2) is 9.37 Å². The molecule has 0 saturated heterocycles. The fourth-order valence-corrected chi connectivity index (χ4v) is 3.47. The molecule has 9 heteroatoms. The second-order valence-electron chi connectivity index (χ2n) is 5.23. The Morgan fingerprint density at radius 1 is 1.19 bits per heavy atom. The molecule has 0 spiro atoms. The molecular weight excluding hydrogens is 385 g/mol. The summed E-state index contributed by atoms with van der Waals surface area (Å²) in [6, 6.07) is 15.6. The number of thioether (sulfide) groups is 2. The summed E-state index contributed by atoms with van der Waals surface area (Å²) < 4.78 is 13.8. The molecule has 136 valence electrons. The standard InChI is InChI=1S/C18H14FN5OS2/c19-13-6-2-1-5-12(13)17-22-18(24-23-17)27-11-16(25)21-14-7-3-4-8-15(14)26-10-9-20/h1-8H,10-11H2,(H,21,25)(H,22,23,24). The number of anilines is 1. The fourth-order valence-electron chi connectivity index (χ4n) is 2.21. The SMILES string of the molecule is N#CCSc1ccccc1NC(=O)CSc1n[nH]c(-c2ccccc2F)n1. The third-order valence-corrected chi connectivity index (χ3v) is 5.17. The molecule has 27 heavy (non-hydrogen) atoms. The van der Waals surface area contributed by atoms with Crippen molar-refractivity contribution in [3.63, 3.8) is 0 Å². The number of carbonyl (C=O) groups excluding carboxylic acids is 1. The monoisotopic (exact) mass is 399 g/mol. The van der Waals surface area contributed by atoms with E-state index >= 15 is 0 Å². The van der Waals surface area contributed by atoms with Crippen LogP contribution in [0.15, 0.2) is 58.6 Å². The molecule has 0 radical (unpaired) electrons. The number of rotatable bonds is 7. The molecule has 0 atom stereocenters. The third kappa shape index (κ3) is 5.09. The lowest BCUT2D eigenvalue weighted by atomic mass is 10.2. The number of carbonyl (C=O) groups is 1. The molecule has 0 aliphatic carbocycles. The van der Waals surface area contributed by atoms with Crippen molar-refractivity contribution in [3.8, 4) is 17.5 Å². The van der Waals surface area contributed by atoms with Gasteiger partial charge in [-0.2, -0.15) is 5.26 Å². The Bertz CT molecular complexity index is 986. The summed E-state index contributed by atoms with van der Waals surface area (Å²) in [5.41, 5.74) is 0.982. The van der Waals surface area contributed by atoms with Crippen molar-refractivity contribution < 1.29 is 9.18 Å². The Hall–Kier alpha value is -2.83. The van der Waals surface area contributed by atoms with Crippen LogP contribution in [0.4, 0.5) is 10.1 Å². The highest BCUT2D eigenvalue weighted by atomic mass is 32.2. The molecule has 0 aliphatic rings. The number of hydrogen-bond acceptors (Lipinski definition) is 6. The van der Waals surface area contributed by atoms with E-state index in [9.17, 15) is 9.18 Å². The van der Waals surface area contributed by atoms with Gasteiger partial charge in [0.25, 0.3) is 0 Å². The van der Waals surface area contributed by atoms with E-state index in [-0.39, 0.29) is 11.7 Å². The van der Waals surface area contributed by atoms with E-state index in [1.807, 2.05) is 18.2 Å². The molecule has 6 nitrogen and oxygen atoms in total. The van der Waals surface area contributed by atoms with Crippen molar-refractivity contribution >= 4 is 35.1 Å². The van der Waals surface area contributed by atoms with Crippen LogP contribution in [0.2, 0.25) is 0 Å². The number of nitriles is 1. The van der Waals surface area contributed by atoms with Crippen molar-refractivity contribution in [2.24, 2.45) is 0 Å². The number of H-pyrrole nitrogens is 1. The Kier molecular flexibility index (Phi) is 6.46. The van der Waals surface area contributed by atoms with E-state index in [2.05, 4.69) is 26.6 Å². The number of aromatic nitrogens is 3. The maximum Gasteiger partial charge on any atom is 0.234 e. The van der Waals surface area contributed by atoms with Crippen molar-refractivity contribution in [3.05, 3.63) is 54.3 Å². The first kappa shape index (κ1) is 18.9. The Morgan fingerprint density at radius 3 is 2.78 bits per heavy atom. The molecule has 0 fully saturated rings. The van der Waals surface area contributed by atoms with Crippen molar-refractivity contribution in [2.75, 3.05) is 16.8 Å². The second kappa shape index (κ2) is 9.21. The number of benzene rings is 2. The summed E-state index contributed by atoms with van der Waals surface area (Å²) in [5.74, 6) is 0.106. The molecule has 0 saturated carbocycles. The fraction of sp³-hybridized carbons (Fsp3) is 0.111. The molecular formula is C18H14FN5OS2. The normalized spacial score (nSPS) is 10.4. The van der Waals surface area contributed by atoms with Gasteiger partial charge in [-0.3, -0.25) is 9.89 Å². The number of nitrogens with zero attached hydrogens (tertiary/aromatic N) is 3. The third-order valence-electron chi connectivity index (χ3n) is 3.38. The van der Waals surface area contributed by atoms with Crippen LogP contribution >= 0.6 is 23.5 Å². The molecule has 2 N–H and O–H groups in total.